The molecular weight excluding hydrogens is 220 g/mol. The van der Waals surface area contributed by atoms with Crippen LogP contribution in [-0.4, -0.2) is 54.8 Å². The van der Waals surface area contributed by atoms with Gasteiger partial charge in [0.05, 0.1) is 6.61 Å². The quantitative estimate of drug-likeness (QED) is 0.692. The smallest absolute Gasteiger partial charge is 0.0593 e. The molecule has 2 N–H and O–H groups in total. The van der Waals surface area contributed by atoms with E-state index in [1.165, 1.54) is 24.3 Å². The van der Waals surface area contributed by atoms with E-state index in [0.717, 1.165) is 32.8 Å². The number of hydrogen-bond acceptors (Lipinski definition) is 4. The number of nitrogens with zero attached hydrogens (tertiary/aromatic N) is 1. The molecule has 1 atom stereocenters. The number of thioether (sulfide) groups is 1. The molecule has 0 spiro atoms. The van der Waals surface area contributed by atoms with Crippen LogP contribution in [0.5, 0.6) is 0 Å². The van der Waals surface area contributed by atoms with E-state index in [-0.39, 0.29) is 5.54 Å². The zero-order chi connectivity index (χ0) is 11.9. The van der Waals surface area contributed by atoms with Gasteiger partial charge in [-0.1, -0.05) is 6.92 Å². The van der Waals surface area contributed by atoms with E-state index in [2.05, 4.69) is 11.8 Å². The van der Waals surface area contributed by atoms with Gasteiger partial charge < -0.3 is 10.5 Å². The fraction of sp³-hybridized carbons (Fsp3) is 1.00. The first-order valence-electron chi connectivity index (χ1n) is 6.39. The number of hydrogen-bond donors (Lipinski definition) is 1. The van der Waals surface area contributed by atoms with E-state index in [1.807, 2.05) is 18.7 Å². The van der Waals surface area contributed by atoms with Crippen LogP contribution in [0, 0.1) is 0 Å². The number of likely N-dealkylation sites (N-methyl/N-ethyl adjacent to an activating group) is 1. The lowest BCUT2D eigenvalue weighted by Gasteiger charge is -2.45. The summed E-state index contributed by atoms with van der Waals surface area (Å²) in [6.45, 7) is 8.78. The van der Waals surface area contributed by atoms with Crippen molar-refractivity contribution in [2.45, 2.75) is 32.2 Å². The molecule has 1 aliphatic rings. The van der Waals surface area contributed by atoms with E-state index in [0.29, 0.717) is 0 Å². The Morgan fingerprint density at radius 2 is 2.25 bits per heavy atom. The Morgan fingerprint density at radius 3 is 2.75 bits per heavy atom. The summed E-state index contributed by atoms with van der Waals surface area (Å²) >= 11 is 2.05. The van der Waals surface area contributed by atoms with Crippen LogP contribution in [0.2, 0.25) is 0 Å². The molecule has 0 aromatic carbocycles. The van der Waals surface area contributed by atoms with Crippen molar-refractivity contribution in [3.05, 3.63) is 0 Å². The van der Waals surface area contributed by atoms with Crippen LogP contribution in [0.1, 0.15) is 26.7 Å². The second-order valence-electron chi connectivity index (χ2n) is 4.36. The molecule has 0 amide bonds. The molecule has 0 aromatic rings. The maximum atomic E-state index is 6.02. The molecule has 16 heavy (non-hydrogen) atoms. The summed E-state index contributed by atoms with van der Waals surface area (Å²) in [7, 11) is 0. The van der Waals surface area contributed by atoms with E-state index in [4.69, 9.17) is 10.5 Å². The molecule has 0 bridgehead atoms. The Labute approximate surface area is 104 Å². The maximum Gasteiger partial charge on any atom is 0.0593 e. The molecule has 1 rings (SSSR count). The Balaban J connectivity index is 2.51. The third-order valence-corrected chi connectivity index (χ3v) is 4.76. The van der Waals surface area contributed by atoms with E-state index in [1.54, 1.807) is 0 Å². The van der Waals surface area contributed by atoms with Crippen molar-refractivity contribution in [2.24, 2.45) is 5.73 Å². The third-order valence-electron chi connectivity index (χ3n) is 3.44. The van der Waals surface area contributed by atoms with E-state index >= 15 is 0 Å². The van der Waals surface area contributed by atoms with Gasteiger partial charge in [-0.3, -0.25) is 4.90 Å². The van der Waals surface area contributed by atoms with Crippen molar-refractivity contribution >= 4 is 11.8 Å². The third kappa shape index (κ3) is 3.62. The van der Waals surface area contributed by atoms with Gasteiger partial charge in [-0.05, 0) is 32.1 Å². The molecule has 1 saturated heterocycles. The van der Waals surface area contributed by atoms with E-state index in [9.17, 15) is 0 Å². The highest BCUT2D eigenvalue weighted by molar-refractivity contribution is 7.99. The van der Waals surface area contributed by atoms with Crippen molar-refractivity contribution in [3.63, 3.8) is 0 Å². The van der Waals surface area contributed by atoms with Gasteiger partial charge in [-0.2, -0.15) is 11.8 Å². The Bertz CT molecular complexity index is 184. The highest BCUT2D eigenvalue weighted by Crippen LogP contribution is 2.31. The predicted molar refractivity (Wildman–Crippen MR) is 72.1 cm³/mol. The van der Waals surface area contributed by atoms with Gasteiger partial charge in [0, 0.05) is 31.0 Å². The lowest BCUT2D eigenvalue weighted by molar-refractivity contribution is 0.0572. The van der Waals surface area contributed by atoms with Gasteiger partial charge >= 0.3 is 0 Å². The van der Waals surface area contributed by atoms with Gasteiger partial charge in [0.15, 0.2) is 0 Å². The average Bonchev–Trinajstić information content (AvgIpc) is 2.35. The summed E-state index contributed by atoms with van der Waals surface area (Å²) in [4.78, 5) is 2.52. The van der Waals surface area contributed by atoms with Gasteiger partial charge in [0.1, 0.15) is 0 Å². The van der Waals surface area contributed by atoms with Crippen LogP contribution >= 0.6 is 11.8 Å². The Kier molecular flexibility index (Phi) is 6.73. The molecule has 4 heteroatoms. The number of ether oxygens (including phenoxy) is 1. The van der Waals surface area contributed by atoms with Crippen molar-refractivity contribution < 1.29 is 4.74 Å². The highest BCUT2D eigenvalue weighted by Gasteiger charge is 2.35. The SMILES string of the molecule is CCOCCN(CC)C1(CN)CCCSC1. The zero-order valence-corrected chi connectivity index (χ0v) is 11.5. The van der Waals surface area contributed by atoms with Crippen LogP contribution in [0.4, 0.5) is 0 Å². The largest absolute Gasteiger partial charge is 0.380 e. The van der Waals surface area contributed by atoms with Gasteiger partial charge in [0.25, 0.3) is 0 Å². The summed E-state index contributed by atoms with van der Waals surface area (Å²) in [6.07, 6.45) is 2.55. The molecule has 0 aliphatic carbocycles. The van der Waals surface area contributed by atoms with Crippen molar-refractivity contribution in [2.75, 3.05) is 44.4 Å². The fourth-order valence-corrected chi connectivity index (χ4v) is 3.74. The summed E-state index contributed by atoms with van der Waals surface area (Å²) in [6, 6.07) is 0. The molecule has 0 saturated carbocycles. The molecule has 96 valence electrons. The van der Waals surface area contributed by atoms with Crippen LogP contribution in [-0.2, 0) is 4.74 Å². The minimum atomic E-state index is 0.231. The minimum Gasteiger partial charge on any atom is -0.380 e. The molecule has 0 radical (unpaired) electrons. The molecule has 1 heterocycles. The van der Waals surface area contributed by atoms with Gasteiger partial charge in [0.2, 0.25) is 0 Å². The summed E-state index contributed by atoms with van der Waals surface area (Å²) in [5.74, 6) is 2.48. The van der Waals surface area contributed by atoms with Crippen molar-refractivity contribution in [3.8, 4) is 0 Å². The first-order chi connectivity index (χ1) is 7.79. The molecular formula is C12H26N2OS. The maximum absolute atomic E-state index is 6.02. The first-order valence-corrected chi connectivity index (χ1v) is 7.55. The second-order valence-corrected chi connectivity index (χ2v) is 5.47. The lowest BCUT2D eigenvalue weighted by atomic mass is 9.93. The predicted octanol–water partition coefficient (Wildman–Crippen LogP) is 1.57. The van der Waals surface area contributed by atoms with Crippen LogP contribution in [0.25, 0.3) is 0 Å². The van der Waals surface area contributed by atoms with Gasteiger partial charge in [-0.15, -0.1) is 0 Å². The topological polar surface area (TPSA) is 38.5 Å². The summed E-state index contributed by atoms with van der Waals surface area (Å²) in [5.41, 5.74) is 6.25. The van der Waals surface area contributed by atoms with Crippen LogP contribution in [0.15, 0.2) is 0 Å². The molecule has 3 nitrogen and oxygen atoms in total. The summed E-state index contributed by atoms with van der Waals surface area (Å²) in [5, 5.41) is 0. The monoisotopic (exact) mass is 246 g/mol. The standard InChI is InChI=1S/C12H26N2OS/c1-3-14(7-8-15-4-2)12(10-13)6-5-9-16-11-12/h3-11,13H2,1-2H3. The van der Waals surface area contributed by atoms with E-state index < -0.39 is 0 Å². The normalized spacial score (nSPS) is 26.2. The Morgan fingerprint density at radius 1 is 1.44 bits per heavy atom. The molecule has 1 fully saturated rings. The first kappa shape index (κ1) is 14.3. The number of rotatable bonds is 7. The van der Waals surface area contributed by atoms with Gasteiger partial charge in [-0.25, -0.2) is 0 Å². The van der Waals surface area contributed by atoms with Crippen LogP contribution < -0.4 is 5.73 Å². The fourth-order valence-electron chi connectivity index (χ4n) is 2.43. The molecule has 0 aromatic heterocycles. The Hall–Kier alpha value is 0.230. The summed E-state index contributed by atoms with van der Waals surface area (Å²) < 4.78 is 5.46. The zero-order valence-electron chi connectivity index (χ0n) is 10.7. The highest BCUT2D eigenvalue weighted by atomic mass is 32.2. The lowest BCUT2D eigenvalue weighted by Crippen LogP contribution is -2.57. The van der Waals surface area contributed by atoms with Crippen molar-refractivity contribution in [1.29, 1.82) is 0 Å². The average molecular weight is 246 g/mol. The second kappa shape index (κ2) is 7.54. The number of nitrogens with two attached hydrogens (primary N) is 1. The molecule has 1 unspecified atom stereocenters. The molecule has 1 aliphatic heterocycles. The minimum absolute atomic E-state index is 0.231. The van der Waals surface area contributed by atoms with Crippen molar-refractivity contribution in [1.82, 2.24) is 4.90 Å². The van der Waals surface area contributed by atoms with Crippen LogP contribution in [0.3, 0.4) is 0 Å².